The van der Waals surface area contributed by atoms with Gasteiger partial charge >= 0.3 is 0 Å². The molecular formula is C16H22N2O. The van der Waals surface area contributed by atoms with E-state index < -0.39 is 0 Å². The van der Waals surface area contributed by atoms with Gasteiger partial charge in [-0.25, -0.2) is 0 Å². The molecule has 1 aromatic carbocycles. The van der Waals surface area contributed by atoms with Crippen molar-refractivity contribution in [1.29, 1.82) is 0 Å². The summed E-state index contributed by atoms with van der Waals surface area (Å²) in [6, 6.07) is 8.71. The highest BCUT2D eigenvalue weighted by molar-refractivity contribution is 5.84. The van der Waals surface area contributed by atoms with Gasteiger partial charge in [0.15, 0.2) is 6.29 Å². The Labute approximate surface area is 115 Å². The molecule has 102 valence electrons. The van der Waals surface area contributed by atoms with Crippen LogP contribution in [0.2, 0.25) is 0 Å². The largest absolute Gasteiger partial charge is 0.371 e. The molecule has 2 heterocycles. The SMILES string of the molecule is CN1CCCC2CN(c3ccccc3C=O)CCC21. The third-order valence-electron chi connectivity index (χ3n) is 4.75. The summed E-state index contributed by atoms with van der Waals surface area (Å²) in [5, 5.41) is 0. The number of anilines is 1. The number of aldehydes is 1. The molecule has 3 nitrogen and oxygen atoms in total. The fourth-order valence-corrected chi connectivity index (χ4v) is 3.75. The summed E-state index contributed by atoms with van der Waals surface area (Å²) in [4.78, 5) is 16.1. The van der Waals surface area contributed by atoms with Crippen LogP contribution in [0.4, 0.5) is 5.69 Å². The number of benzene rings is 1. The molecule has 2 atom stereocenters. The molecule has 2 aliphatic heterocycles. The summed E-state index contributed by atoms with van der Waals surface area (Å²) < 4.78 is 0. The lowest BCUT2D eigenvalue weighted by molar-refractivity contribution is 0.102. The number of likely N-dealkylation sites (tertiary alicyclic amines) is 1. The van der Waals surface area contributed by atoms with Crippen LogP contribution in [-0.4, -0.2) is 43.9 Å². The number of rotatable bonds is 2. The first-order valence-electron chi connectivity index (χ1n) is 7.29. The maximum Gasteiger partial charge on any atom is 0.152 e. The van der Waals surface area contributed by atoms with Crippen LogP contribution in [0.15, 0.2) is 24.3 Å². The molecule has 1 aromatic rings. The van der Waals surface area contributed by atoms with Crippen LogP contribution < -0.4 is 4.90 Å². The second kappa shape index (κ2) is 5.33. The van der Waals surface area contributed by atoms with Crippen molar-refractivity contribution < 1.29 is 4.79 Å². The van der Waals surface area contributed by atoms with Gasteiger partial charge < -0.3 is 9.80 Å². The van der Waals surface area contributed by atoms with Crippen LogP contribution in [0.3, 0.4) is 0 Å². The number of piperidine rings is 2. The van der Waals surface area contributed by atoms with Crippen molar-refractivity contribution in [3.05, 3.63) is 29.8 Å². The van der Waals surface area contributed by atoms with E-state index in [0.29, 0.717) is 0 Å². The fraction of sp³-hybridized carbons (Fsp3) is 0.562. The monoisotopic (exact) mass is 258 g/mol. The van der Waals surface area contributed by atoms with Crippen LogP contribution >= 0.6 is 0 Å². The average Bonchev–Trinajstić information content (AvgIpc) is 2.47. The van der Waals surface area contributed by atoms with E-state index in [2.05, 4.69) is 22.9 Å². The van der Waals surface area contributed by atoms with Crippen molar-refractivity contribution in [1.82, 2.24) is 4.90 Å². The topological polar surface area (TPSA) is 23.6 Å². The summed E-state index contributed by atoms with van der Waals surface area (Å²) in [5.74, 6) is 0.757. The zero-order valence-electron chi connectivity index (χ0n) is 11.6. The van der Waals surface area contributed by atoms with Gasteiger partial charge in [0.1, 0.15) is 0 Å². The first-order valence-corrected chi connectivity index (χ1v) is 7.29. The molecule has 0 saturated carbocycles. The second-order valence-electron chi connectivity index (χ2n) is 5.86. The van der Waals surface area contributed by atoms with Crippen molar-refractivity contribution in [2.45, 2.75) is 25.3 Å². The van der Waals surface area contributed by atoms with Gasteiger partial charge in [-0.3, -0.25) is 4.79 Å². The van der Waals surface area contributed by atoms with Crippen LogP contribution in [0.1, 0.15) is 29.6 Å². The first kappa shape index (κ1) is 12.7. The average molecular weight is 258 g/mol. The quantitative estimate of drug-likeness (QED) is 0.761. The van der Waals surface area contributed by atoms with Gasteiger partial charge in [0, 0.05) is 30.4 Å². The van der Waals surface area contributed by atoms with E-state index in [4.69, 9.17) is 0 Å². The Bertz CT molecular complexity index is 460. The molecule has 0 amide bonds. The van der Waals surface area contributed by atoms with Gasteiger partial charge in [0.25, 0.3) is 0 Å². The number of nitrogens with zero attached hydrogens (tertiary/aromatic N) is 2. The first-order chi connectivity index (χ1) is 9.29. The predicted octanol–water partition coefficient (Wildman–Crippen LogP) is 2.42. The highest BCUT2D eigenvalue weighted by atomic mass is 16.1. The Kier molecular flexibility index (Phi) is 3.56. The standard InChI is InChI=1S/C16H22N2O/c1-17-9-4-6-13-11-18(10-8-15(13)17)16-7-3-2-5-14(16)12-19/h2-3,5,7,12-13,15H,4,6,8-11H2,1H3. The summed E-state index contributed by atoms with van der Waals surface area (Å²) in [6.45, 7) is 3.41. The molecule has 0 aromatic heterocycles. The number of hydrogen-bond acceptors (Lipinski definition) is 3. The highest BCUT2D eigenvalue weighted by Crippen LogP contribution is 2.32. The minimum Gasteiger partial charge on any atom is -0.371 e. The number of hydrogen-bond donors (Lipinski definition) is 0. The summed E-state index contributed by atoms with van der Waals surface area (Å²) in [5.41, 5.74) is 1.94. The lowest BCUT2D eigenvalue weighted by atomic mass is 9.84. The molecule has 2 unspecified atom stereocenters. The summed E-state index contributed by atoms with van der Waals surface area (Å²) in [6.07, 6.45) is 4.83. The Morgan fingerprint density at radius 3 is 2.89 bits per heavy atom. The van der Waals surface area contributed by atoms with Crippen LogP contribution in [0.25, 0.3) is 0 Å². The maximum absolute atomic E-state index is 11.2. The third kappa shape index (κ3) is 2.39. The van der Waals surface area contributed by atoms with Crippen molar-refractivity contribution in [2.24, 2.45) is 5.92 Å². The predicted molar refractivity (Wildman–Crippen MR) is 77.8 cm³/mol. The zero-order chi connectivity index (χ0) is 13.2. The van der Waals surface area contributed by atoms with E-state index in [1.807, 2.05) is 18.2 Å². The number of carbonyl (C=O) groups excluding carboxylic acids is 1. The smallest absolute Gasteiger partial charge is 0.152 e. The van der Waals surface area contributed by atoms with Crippen LogP contribution in [-0.2, 0) is 0 Å². The van der Waals surface area contributed by atoms with Crippen molar-refractivity contribution in [3.63, 3.8) is 0 Å². The van der Waals surface area contributed by atoms with E-state index in [-0.39, 0.29) is 0 Å². The summed E-state index contributed by atoms with van der Waals surface area (Å²) >= 11 is 0. The van der Waals surface area contributed by atoms with Gasteiger partial charge in [-0.05, 0) is 50.9 Å². The van der Waals surface area contributed by atoms with Gasteiger partial charge in [-0.15, -0.1) is 0 Å². The molecule has 3 rings (SSSR count). The minimum atomic E-state index is 0.744. The van der Waals surface area contributed by atoms with E-state index in [1.54, 1.807) is 0 Å². The normalized spacial score (nSPS) is 27.9. The number of fused-ring (bicyclic) bond motifs is 1. The van der Waals surface area contributed by atoms with Gasteiger partial charge in [-0.2, -0.15) is 0 Å². The maximum atomic E-state index is 11.2. The Hall–Kier alpha value is -1.35. The molecule has 19 heavy (non-hydrogen) atoms. The zero-order valence-corrected chi connectivity index (χ0v) is 11.6. The highest BCUT2D eigenvalue weighted by Gasteiger charge is 2.34. The van der Waals surface area contributed by atoms with E-state index >= 15 is 0 Å². The molecule has 0 spiro atoms. The van der Waals surface area contributed by atoms with Gasteiger partial charge in [-0.1, -0.05) is 12.1 Å². The summed E-state index contributed by atoms with van der Waals surface area (Å²) in [7, 11) is 2.26. The second-order valence-corrected chi connectivity index (χ2v) is 5.86. The Balaban J connectivity index is 1.79. The minimum absolute atomic E-state index is 0.744. The molecule has 0 N–H and O–H groups in total. The third-order valence-corrected chi connectivity index (χ3v) is 4.75. The van der Waals surface area contributed by atoms with Crippen LogP contribution in [0, 0.1) is 5.92 Å². The fourth-order valence-electron chi connectivity index (χ4n) is 3.75. The molecular weight excluding hydrogens is 236 g/mol. The molecule has 2 saturated heterocycles. The van der Waals surface area contributed by atoms with E-state index in [0.717, 1.165) is 42.6 Å². The lowest BCUT2D eigenvalue weighted by Gasteiger charge is -2.46. The lowest BCUT2D eigenvalue weighted by Crippen LogP contribution is -2.52. The Morgan fingerprint density at radius 1 is 1.21 bits per heavy atom. The molecule has 0 bridgehead atoms. The molecule has 2 aliphatic rings. The van der Waals surface area contributed by atoms with Gasteiger partial charge in [0.2, 0.25) is 0 Å². The number of carbonyl (C=O) groups is 1. The van der Waals surface area contributed by atoms with Crippen molar-refractivity contribution >= 4 is 12.0 Å². The Morgan fingerprint density at radius 2 is 2.05 bits per heavy atom. The molecule has 3 heteroatoms. The molecule has 0 aliphatic carbocycles. The van der Waals surface area contributed by atoms with Crippen LogP contribution in [0.5, 0.6) is 0 Å². The number of para-hydroxylation sites is 1. The van der Waals surface area contributed by atoms with E-state index in [1.165, 1.54) is 25.8 Å². The molecule has 2 fully saturated rings. The van der Waals surface area contributed by atoms with E-state index in [9.17, 15) is 4.79 Å². The van der Waals surface area contributed by atoms with Crippen molar-refractivity contribution in [3.8, 4) is 0 Å². The molecule has 0 radical (unpaired) electrons. The van der Waals surface area contributed by atoms with Crippen molar-refractivity contribution in [2.75, 3.05) is 31.6 Å². The van der Waals surface area contributed by atoms with Gasteiger partial charge in [0.05, 0.1) is 0 Å².